The minimum absolute atomic E-state index is 0. The molecule has 2 aromatic carbocycles. The fraction of sp³-hybridized carbons (Fsp3) is 0.188. The van der Waals surface area contributed by atoms with Crippen molar-refractivity contribution in [1.82, 2.24) is 5.48 Å². The van der Waals surface area contributed by atoms with Gasteiger partial charge in [-0.2, -0.15) is 0 Å². The molecular formula is C16H19ClN2O2. The summed E-state index contributed by atoms with van der Waals surface area (Å²) < 4.78 is 0. The van der Waals surface area contributed by atoms with E-state index in [1.807, 2.05) is 60.7 Å². The summed E-state index contributed by atoms with van der Waals surface area (Å²) in [6, 6.07) is 18.7. The van der Waals surface area contributed by atoms with E-state index in [4.69, 9.17) is 10.6 Å². The maximum atomic E-state index is 11.8. The molecule has 0 fully saturated rings. The average Bonchev–Trinajstić information content (AvgIpc) is 2.49. The molecule has 21 heavy (non-hydrogen) atoms. The van der Waals surface area contributed by atoms with Crippen molar-refractivity contribution in [2.75, 3.05) is 0 Å². The monoisotopic (exact) mass is 306 g/mol. The van der Waals surface area contributed by atoms with E-state index < -0.39 is 6.04 Å². The van der Waals surface area contributed by atoms with Gasteiger partial charge in [0.2, 0.25) is 0 Å². The second kappa shape index (κ2) is 9.13. The van der Waals surface area contributed by atoms with Crippen molar-refractivity contribution < 1.29 is 9.63 Å². The van der Waals surface area contributed by atoms with E-state index in [0.29, 0.717) is 13.0 Å². The van der Waals surface area contributed by atoms with Crippen molar-refractivity contribution in [3.63, 3.8) is 0 Å². The molecule has 2 rings (SSSR count). The molecule has 4 nitrogen and oxygen atoms in total. The minimum atomic E-state index is -0.617. The Balaban J connectivity index is 0.00000220. The molecule has 0 spiro atoms. The quantitative estimate of drug-likeness (QED) is 0.804. The van der Waals surface area contributed by atoms with Crippen LogP contribution in [0.25, 0.3) is 0 Å². The van der Waals surface area contributed by atoms with Gasteiger partial charge in [0.1, 0.15) is 0 Å². The van der Waals surface area contributed by atoms with Gasteiger partial charge in [0.25, 0.3) is 5.91 Å². The number of benzene rings is 2. The van der Waals surface area contributed by atoms with Crippen LogP contribution >= 0.6 is 12.4 Å². The molecule has 0 saturated carbocycles. The third-order valence-corrected chi connectivity index (χ3v) is 2.89. The molecule has 0 aliphatic carbocycles. The Morgan fingerprint density at radius 2 is 1.52 bits per heavy atom. The first-order valence-corrected chi connectivity index (χ1v) is 6.51. The van der Waals surface area contributed by atoms with Gasteiger partial charge in [-0.1, -0.05) is 60.7 Å². The van der Waals surface area contributed by atoms with Gasteiger partial charge in [-0.05, 0) is 17.5 Å². The average molecular weight is 307 g/mol. The van der Waals surface area contributed by atoms with Crippen molar-refractivity contribution >= 4 is 18.3 Å². The van der Waals surface area contributed by atoms with Crippen LogP contribution in [0, 0.1) is 0 Å². The second-order valence-corrected chi connectivity index (χ2v) is 4.54. The first-order chi connectivity index (χ1) is 9.75. The molecule has 5 heteroatoms. The number of nitrogens with one attached hydrogen (secondary N) is 1. The lowest BCUT2D eigenvalue weighted by atomic mass is 10.1. The predicted molar refractivity (Wildman–Crippen MR) is 84.7 cm³/mol. The predicted octanol–water partition coefficient (Wildman–Crippen LogP) is 2.23. The summed E-state index contributed by atoms with van der Waals surface area (Å²) in [5.41, 5.74) is 10.2. The van der Waals surface area contributed by atoms with Gasteiger partial charge in [0.15, 0.2) is 0 Å². The molecule has 0 heterocycles. The smallest absolute Gasteiger partial charge is 0.260 e. The normalized spacial score (nSPS) is 11.3. The van der Waals surface area contributed by atoms with E-state index in [2.05, 4.69) is 5.48 Å². The lowest BCUT2D eigenvalue weighted by Gasteiger charge is -2.12. The zero-order valence-electron chi connectivity index (χ0n) is 11.6. The van der Waals surface area contributed by atoms with Crippen molar-refractivity contribution in [2.45, 2.75) is 19.1 Å². The van der Waals surface area contributed by atoms with Crippen LogP contribution in [0.2, 0.25) is 0 Å². The molecular weight excluding hydrogens is 288 g/mol. The van der Waals surface area contributed by atoms with E-state index in [-0.39, 0.29) is 18.3 Å². The summed E-state index contributed by atoms with van der Waals surface area (Å²) in [6.07, 6.45) is 0.487. The topological polar surface area (TPSA) is 64.4 Å². The van der Waals surface area contributed by atoms with Gasteiger partial charge in [0.05, 0.1) is 12.6 Å². The lowest BCUT2D eigenvalue weighted by Crippen LogP contribution is -2.41. The molecule has 1 atom stereocenters. The molecule has 3 N–H and O–H groups in total. The van der Waals surface area contributed by atoms with Gasteiger partial charge >= 0.3 is 0 Å². The Morgan fingerprint density at radius 3 is 2.10 bits per heavy atom. The van der Waals surface area contributed by atoms with Crippen LogP contribution in [-0.4, -0.2) is 11.9 Å². The molecule has 0 saturated heterocycles. The number of carbonyl (C=O) groups is 1. The Hall–Kier alpha value is -1.88. The summed E-state index contributed by atoms with van der Waals surface area (Å²) >= 11 is 0. The lowest BCUT2D eigenvalue weighted by molar-refractivity contribution is -0.135. The standard InChI is InChI=1S/C16H18N2O2.ClH/c17-15(11-13-7-3-1-4-8-13)16(19)18-20-12-14-9-5-2-6-10-14;/h1-10,15H,11-12,17H2,(H,18,19);1H/t15-;/m0./s1. The van der Waals surface area contributed by atoms with E-state index in [0.717, 1.165) is 11.1 Å². The fourth-order valence-electron chi connectivity index (χ4n) is 1.80. The van der Waals surface area contributed by atoms with Gasteiger partial charge in [0, 0.05) is 0 Å². The van der Waals surface area contributed by atoms with E-state index >= 15 is 0 Å². The SMILES string of the molecule is Cl.N[C@@H](Cc1ccccc1)C(=O)NOCc1ccccc1. The fourth-order valence-corrected chi connectivity index (χ4v) is 1.80. The van der Waals surface area contributed by atoms with Crippen molar-refractivity contribution in [2.24, 2.45) is 5.73 Å². The van der Waals surface area contributed by atoms with Crippen LogP contribution in [0.5, 0.6) is 0 Å². The van der Waals surface area contributed by atoms with Crippen molar-refractivity contribution in [1.29, 1.82) is 0 Å². The largest absolute Gasteiger partial charge is 0.320 e. The minimum Gasteiger partial charge on any atom is -0.320 e. The highest BCUT2D eigenvalue weighted by Crippen LogP contribution is 2.02. The summed E-state index contributed by atoms with van der Waals surface area (Å²) in [5, 5.41) is 0. The van der Waals surface area contributed by atoms with Crippen LogP contribution < -0.4 is 11.2 Å². The maximum Gasteiger partial charge on any atom is 0.260 e. The highest BCUT2D eigenvalue weighted by Gasteiger charge is 2.13. The number of hydrogen-bond donors (Lipinski definition) is 2. The van der Waals surface area contributed by atoms with Crippen LogP contribution in [0.3, 0.4) is 0 Å². The highest BCUT2D eigenvalue weighted by molar-refractivity contribution is 5.85. The number of rotatable bonds is 6. The third-order valence-electron chi connectivity index (χ3n) is 2.89. The Kier molecular flexibility index (Phi) is 7.46. The van der Waals surface area contributed by atoms with Gasteiger partial charge < -0.3 is 5.73 Å². The van der Waals surface area contributed by atoms with Crippen molar-refractivity contribution in [3.8, 4) is 0 Å². The Labute approximate surface area is 130 Å². The van der Waals surface area contributed by atoms with E-state index in [9.17, 15) is 4.79 Å². The number of hydroxylamine groups is 1. The number of carbonyl (C=O) groups excluding carboxylic acids is 1. The molecule has 112 valence electrons. The highest BCUT2D eigenvalue weighted by atomic mass is 35.5. The summed E-state index contributed by atoms with van der Waals surface area (Å²) in [4.78, 5) is 16.9. The number of amides is 1. The van der Waals surface area contributed by atoms with E-state index in [1.165, 1.54) is 0 Å². The number of hydrogen-bond acceptors (Lipinski definition) is 3. The van der Waals surface area contributed by atoms with Crippen LogP contribution in [-0.2, 0) is 22.7 Å². The molecule has 0 unspecified atom stereocenters. The molecule has 1 amide bonds. The summed E-state index contributed by atoms with van der Waals surface area (Å²) in [5.74, 6) is -0.315. The number of halogens is 1. The second-order valence-electron chi connectivity index (χ2n) is 4.54. The molecule has 0 bridgehead atoms. The molecule has 2 aromatic rings. The van der Waals surface area contributed by atoms with Crippen LogP contribution in [0.1, 0.15) is 11.1 Å². The first-order valence-electron chi connectivity index (χ1n) is 6.51. The van der Waals surface area contributed by atoms with Crippen LogP contribution in [0.4, 0.5) is 0 Å². The van der Waals surface area contributed by atoms with Gasteiger partial charge in [-0.15, -0.1) is 12.4 Å². The number of nitrogens with two attached hydrogens (primary N) is 1. The first kappa shape index (κ1) is 17.2. The third kappa shape index (κ3) is 5.95. The molecule has 0 radical (unpaired) electrons. The molecule has 0 aliphatic heterocycles. The van der Waals surface area contributed by atoms with Gasteiger partial charge in [-0.25, -0.2) is 5.48 Å². The van der Waals surface area contributed by atoms with Crippen LogP contribution in [0.15, 0.2) is 60.7 Å². The van der Waals surface area contributed by atoms with E-state index in [1.54, 1.807) is 0 Å². The molecule has 0 aromatic heterocycles. The summed E-state index contributed by atoms with van der Waals surface area (Å²) in [6.45, 7) is 0.324. The van der Waals surface area contributed by atoms with Gasteiger partial charge in [-0.3, -0.25) is 9.63 Å². The zero-order chi connectivity index (χ0) is 14.2. The Morgan fingerprint density at radius 1 is 1.00 bits per heavy atom. The van der Waals surface area contributed by atoms with Crippen molar-refractivity contribution in [3.05, 3.63) is 71.8 Å². The zero-order valence-corrected chi connectivity index (χ0v) is 12.4. The molecule has 0 aliphatic rings. The maximum absolute atomic E-state index is 11.8. The summed E-state index contributed by atoms with van der Waals surface area (Å²) in [7, 11) is 0. The Bertz CT molecular complexity index is 534.